The minimum atomic E-state index is -0.739. The molecule has 0 bridgehead atoms. The quantitative estimate of drug-likeness (QED) is 0.0678. The number of hydrogen-bond acceptors (Lipinski definition) is 9. The average Bonchev–Trinajstić information content (AvgIpc) is 4.20. The van der Waals surface area contributed by atoms with Crippen LogP contribution >= 0.6 is 46.4 Å². The Morgan fingerprint density at radius 3 is 1.83 bits per heavy atom. The van der Waals surface area contributed by atoms with Gasteiger partial charge in [-0.3, -0.25) is 9.59 Å². The van der Waals surface area contributed by atoms with Gasteiger partial charge in [0.05, 0.1) is 45.2 Å². The van der Waals surface area contributed by atoms with Crippen LogP contribution in [0.1, 0.15) is 60.8 Å². The first-order chi connectivity index (χ1) is 29.0. The molecule has 3 amide bonds. The fourth-order valence-corrected chi connectivity index (χ4v) is 6.61. The van der Waals surface area contributed by atoms with E-state index >= 15 is 0 Å². The summed E-state index contributed by atoms with van der Waals surface area (Å²) < 4.78 is 14.9. The van der Waals surface area contributed by atoms with Crippen LogP contribution in [0.2, 0.25) is 20.1 Å². The highest BCUT2D eigenvalue weighted by atomic mass is 35.5. The normalized spacial score (nSPS) is 15.8. The molecule has 4 aromatic rings. The van der Waals surface area contributed by atoms with Gasteiger partial charge < -0.3 is 40.2 Å². The first-order valence-corrected chi connectivity index (χ1v) is 21.1. The molecule has 3 aliphatic rings. The monoisotopic (exact) mass is 900 g/mol. The van der Waals surface area contributed by atoms with Gasteiger partial charge in [-0.25, -0.2) is 9.59 Å². The van der Waals surface area contributed by atoms with Gasteiger partial charge in [0.1, 0.15) is 19.8 Å². The standard InChI is InChI=1S/C22H24Cl2N2O4.C12H13NO4.C10H11Cl2N/c23-19-8-4-7-16(21(19)24)12-26(18-9-10-18)20(28)11-17(13-27)25-22(29)30-14-15-5-2-1-3-6-15;14-11-6-10(8-16-11)13-12(15)17-7-9-4-2-1-3-5-9;11-9-3-1-2-7(10(9)12)6-13-8-4-5-8/h1-8,17-18,27H,9-14H2,(H,25,29);1-5,10H,6-8H2,(H,13,15);1-3,8,13H,4-6H2/t17-;10-;/m00./s1. The highest BCUT2D eigenvalue weighted by Crippen LogP contribution is 2.33. The summed E-state index contributed by atoms with van der Waals surface area (Å²) in [6.07, 6.45) is 3.38. The number of cyclic esters (lactones) is 1. The molecule has 1 heterocycles. The third kappa shape index (κ3) is 16.1. The van der Waals surface area contributed by atoms with E-state index in [1.54, 1.807) is 17.0 Å². The number of benzene rings is 4. The van der Waals surface area contributed by atoms with Crippen LogP contribution in [0, 0.1) is 0 Å². The van der Waals surface area contributed by atoms with Crippen molar-refractivity contribution in [2.24, 2.45) is 0 Å². The lowest BCUT2D eigenvalue weighted by atomic mass is 10.1. The number of rotatable bonds is 15. The van der Waals surface area contributed by atoms with E-state index in [1.807, 2.05) is 84.9 Å². The van der Waals surface area contributed by atoms with Crippen LogP contribution in [-0.4, -0.2) is 71.5 Å². The van der Waals surface area contributed by atoms with Crippen LogP contribution in [0.4, 0.5) is 9.59 Å². The SMILES string of the molecule is Clc1cccc(CNC2CC2)c1Cl.O=C(N[C@H](CO)CC(=O)N(Cc1cccc(Cl)c1Cl)C1CC1)OCc1ccccc1.O=C1C[C@H](NC(=O)OCc2ccccc2)CO1. The van der Waals surface area contributed by atoms with Crippen molar-refractivity contribution in [2.45, 2.75) is 89.0 Å². The second-order valence-electron chi connectivity index (χ2n) is 14.4. The van der Waals surface area contributed by atoms with Crippen molar-refractivity contribution in [3.8, 4) is 0 Å². The lowest BCUT2D eigenvalue weighted by Crippen LogP contribution is -2.43. The summed E-state index contributed by atoms with van der Waals surface area (Å²) in [4.78, 5) is 48.9. The minimum Gasteiger partial charge on any atom is -0.463 e. The molecule has 12 nitrogen and oxygen atoms in total. The van der Waals surface area contributed by atoms with Crippen molar-refractivity contribution < 1.29 is 38.5 Å². The van der Waals surface area contributed by atoms with Gasteiger partial charge in [-0.05, 0) is 60.1 Å². The number of amides is 3. The molecule has 2 saturated carbocycles. The average molecular weight is 903 g/mol. The summed E-state index contributed by atoms with van der Waals surface area (Å²) >= 11 is 24.3. The van der Waals surface area contributed by atoms with Crippen molar-refractivity contribution >= 4 is 70.5 Å². The molecule has 320 valence electrons. The number of nitrogens with zero attached hydrogens (tertiary/aromatic N) is 1. The van der Waals surface area contributed by atoms with E-state index < -0.39 is 18.2 Å². The molecule has 4 N–H and O–H groups in total. The third-order valence-electron chi connectivity index (χ3n) is 9.44. The van der Waals surface area contributed by atoms with Gasteiger partial charge in [0.15, 0.2) is 0 Å². The van der Waals surface area contributed by atoms with E-state index in [9.17, 15) is 24.3 Å². The molecule has 4 aromatic carbocycles. The molecule has 2 aliphatic carbocycles. The molecule has 0 unspecified atom stereocenters. The van der Waals surface area contributed by atoms with Crippen LogP contribution < -0.4 is 16.0 Å². The Hall–Kier alpha value is -4.56. The van der Waals surface area contributed by atoms with E-state index in [2.05, 4.69) is 16.0 Å². The van der Waals surface area contributed by atoms with Crippen LogP contribution in [0.15, 0.2) is 97.1 Å². The Morgan fingerprint density at radius 1 is 0.733 bits per heavy atom. The maximum atomic E-state index is 12.9. The fraction of sp³-hybridized carbons (Fsp3) is 0.364. The summed E-state index contributed by atoms with van der Waals surface area (Å²) in [7, 11) is 0. The number of nitrogens with one attached hydrogen (secondary N) is 3. The number of carbonyl (C=O) groups is 4. The molecular weight excluding hydrogens is 854 g/mol. The predicted molar refractivity (Wildman–Crippen MR) is 231 cm³/mol. The van der Waals surface area contributed by atoms with Crippen molar-refractivity contribution in [3.05, 3.63) is 139 Å². The molecule has 1 aliphatic heterocycles. The second-order valence-corrected chi connectivity index (χ2v) is 16.0. The summed E-state index contributed by atoms with van der Waals surface area (Å²) in [5, 5.41) is 20.3. The summed E-state index contributed by atoms with van der Waals surface area (Å²) in [5.41, 5.74) is 3.62. The summed E-state index contributed by atoms with van der Waals surface area (Å²) in [6.45, 7) is 1.33. The van der Waals surface area contributed by atoms with Crippen molar-refractivity contribution in [1.29, 1.82) is 0 Å². The first kappa shape index (κ1) is 46.5. The predicted octanol–water partition coefficient (Wildman–Crippen LogP) is 8.64. The molecule has 0 spiro atoms. The van der Waals surface area contributed by atoms with Crippen LogP contribution in [0.25, 0.3) is 0 Å². The largest absolute Gasteiger partial charge is 0.463 e. The number of carbonyl (C=O) groups excluding carboxylic acids is 4. The molecule has 16 heteroatoms. The molecular formula is C44H48Cl4N4O8. The lowest BCUT2D eigenvalue weighted by Gasteiger charge is -2.25. The molecule has 0 aromatic heterocycles. The number of halogens is 4. The number of aliphatic hydroxyl groups is 1. The van der Waals surface area contributed by atoms with Crippen molar-refractivity contribution in [3.63, 3.8) is 0 Å². The first-order valence-electron chi connectivity index (χ1n) is 19.6. The van der Waals surface area contributed by atoms with Crippen LogP contribution in [0.5, 0.6) is 0 Å². The molecule has 0 radical (unpaired) electrons. The maximum absolute atomic E-state index is 12.9. The Labute approximate surface area is 369 Å². The lowest BCUT2D eigenvalue weighted by molar-refractivity contribution is -0.138. The van der Waals surface area contributed by atoms with Gasteiger partial charge in [-0.15, -0.1) is 0 Å². The van der Waals surface area contributed by atoms with E-state index in [-0.39, 0.29) is 63.2 Å². The highest BCUT2D eigenvalue weighted by Gasteiger charge is 2.34. The van der Waals surface area contributed by atoms with Gasteiger partial charge in [0.25, 0.3) is 0 Å². The number of aliphatic hydroxyl groups excluding tert-OH is 1. The Bertz CT molecular complexity index is 2020. The Morgan fingerprint density at radius 2 is 1.30 bits per heavy atom. The van der Waals surface area contributed by atoms with E-state index in [1.165, 1.54) is 12.8 Å². The molecule has 2 atom stereocenters. The van der Waals surface area contributed by atoms with Gasteiger partial charge in [0.2, 0.25) is 5.91 Å². The number of ether oxygens (including phenoxy) is 3. The van der Waals surface area contributed by atoms with E-state index in [0.717, 1.165) is 41.6 Å². The van der Waals surface area contributed by atoms with Crippen LogP contribution in [-0.2, 0) is 50.1 Å². The molecule has 3 fully saturated rings. The zero-order valence-corrected chi connectivity index (χ0v) is 35.8. The third-order valence-corrected chi connectivity index (χ3v) is 11.2. The van der Waals surface area contributed by atoms with Crippen molar-refractivity contribution in [2.75, 3.05) is 13.2 Å². The molecule has 7 rings (SSSR count). The zero-order chi connectivity index (χ0) is 42.9. The fourth-order valence-electron chi connectivity index (χ4n) is 5.85. The van der Waals surface area contributed by atoms with Gasteiger partial charge in [-0.2, -0.15) is 0 Å². The van der Waals surface area contributed by atoms with E-state index in [4.69, 9.17) is 60.6 Å². The Kier molecular flexibility index (Phi) is 18.6. The topological polar surface area (TPSA) is 156 Å². The molecule has 1 saturated heterocycles. The van der Waals surface area contributed by atoms with Gasteiger partial charge in [-0.1, -0.05) is 131 Å². The number of alkyl carbamates (subject to hydrolysis) is 2. The van der Waals surface area contributed by atoms with Crippen LogP contribution in [0.3, 0.4) is 0 Å². The van der Waals surface area contributed by atoms with Crippen molar-refractivity contribution in [1.82, 2.24) is 20.9 Å². The molecule has 60 heavy (non-hydrogen) atoms. The number of hydrogen-bond donors (Lipinski definition) is 4. The van der Waals surface area contributed by atoms with Gasteiger partial charge >= 0.3 is 18.2 Å². The Balaban J connectivity index is 0.000000190. The zero-order valence-electron chi connectivity index (χ0n) is 32.8. The smallest absolute Gasteiger partial charge is 0.407 e. The number of esters is 1. The summed E-state index contributed by atoms with van der Waals surface area (Å²) in [6, 6.07) is 29.5. The highest BCUT2D eigenvalue weighted by molar-refractivity contribution is 6.43. The summed E-state index contributed by atoms with van der Waals surface area (Å²) in [5.74, 6) is -0.464. The minimum absolute atomic E-state index is 0.0361. The second kappa shape index (κ2) is 24.0. The maximum Gasteiger partial charge on any atom is 0.407 e. The van der Waals surface area contributed by atoms with Gasteiger partial charge in [0, 0.05) is 31.6 Å². The van der Waals surface area contributed by atoms with E-state index in [0.29, 0.717) is 32.7 Å².